The zero-order valence-electron chi connectivity index (χ0n) is 8.03. The van der Waals surface area contributed by atoms with Gasteiger partial charge in [0.2, 0.25) is 5.82 Å². The van der Waals surface area contributed by atoms with E-state index in [4.69, 9.17) is 0 Å². The summed E-state index contributed by atoms with van der Waals surface area (Å²) in [6, 6.07) is 8.19. The quantitative estimate of drug-likeness (QED) is 0.741. The highest BCUT2D eigenvalue weighted by molar-refractivity contribution is 5.54. The van der Waals surface area contributed by atoms with Crippen LogP contribution in [-0.2, 0) is 6.42 Å². The Labute approximate surface area is 82.8 Å². The van der Waals surface area contributed by atoms with Crippen LogP contribution in [0.25, 0.3) is 11.4 Å². The van der Waals surface area contributed by atoms with Gasteiger partial charge < -0.3 is 4.52 Å². The Hall–Kier alpha value is -1.64. The zero-order valence-corrected chi connectivity index (χ0v) is 8.03. The van der Waals surface area contributed by atoms with Crippen molar-refractivity contribution in [3.8, 4) is 11.4 Å². The molecule has 0 fully saturated rings. The van der Waals surface area contributed by atoms with Crippen LogP contribution in [0.15, 0.2) is 28.8 Å². The molecule has 0 saturated carbocycles. The van der Waals surface area contributed by atoms with Crippen LogP contribution in [0, 0.1) is 6.39 Å². The monoisotopic (exact) mass is 187 g/mol. The van der Waals surface area contributed by atoms with Gasteiger partial charge in [0.05, 0.1) is 0 Å². The van der Waals surface area contributed by atoms with Crippen LogP contribution in [0.1, 0.15) is 18.9 Å². The molecule has 0 amide bonds. The summed E-state index contributed by atoms with van der Waals surface area (Å²) in [5.41, 5.74) is 2.30. The molecule has 1 radical (unpaired) electrons. The first-order valence-corrected chi connectivity index (χ1v) is 4.69. The zero-order chi connectivity index (χ0) is 9.80. The Bertz CT molecular complexity index is 378. The van der Waals surface area contributed by atoms with Gasteiger partial charge in [-0.2, -0.15) is 4.98 Å². The molecule has 3 heteroatoms. The van der Waals surface area contributed by atoms with Crippen molar-refractivity contribution in [2.24, 2.45) is 0 Å². The van der Waals surface area contributed by atoms with Gasteiger partial charge in [0.1, 0.15) is 0 Å². The molecule has 0 unspecified atom stereocenters. The molecule has 0 atom stereocenters. The molecular weight excluding hydrogens is 176 g/mol. The van der Waals surface area contributed by atoms with Crippen molar-refractivity contribution in [3.05, 3.63) is 36.2 Å². The van der Waals surface area contributed by atoms with Crippen molar-refractivity contribution in [3.63, 3.8) is 0 Å². The lowest BCUT2D eigenvalue weighted by Crippen LogP contribution is -1.84. The Kier molecular flexibility index (Phi) is 2.58. The van der Waals surface area contributed by atoms with Gasteiger partial charge in [-0.25, -0.2) is 0 Å². The summed E-state index contributed by atoms with van der Waals surface area (Å²) in [6.07, 6.45) is 4.60. The third-order valence-corrected chi connectivity index (χ3v) is 2.08. The predicted octanol–water partition coefficient (Wildman–Crippen LogP) is 2.49. The average molecular weight is 187 g/mol. The summed E-state index contributed by atoms with van der Waals surface area (Å²) in [4.78, 5) is 3.86. The first-order chi connectivity index (χ1) is 6.90. The van der Waals surface area contributed by atoms with Crippen LogP contribution < -0.4 is 0 Å². The molecule has 14 heavy (non-hydrogen) atoms. The summed E-state index contributed by atoms with van der Waals surface area (Å²) in [5.74, 6) is 0.591. The van der Waals surface area contributed by atoms with E-state index in [1.165, 1.54) is 5.56 Å². The number of nitrogens with zero attached hydrogens (tertiary/aromatic N) is 2. The Morgan fingerprint density at radius 2 is 2.07 bits per heavy atom. The van der Waals surface area contributed by atoms with Gasteiger partial charge in [-0.1, -0.05) is 42.8 Å². The largest absolute Gasteiger partial charge is 0.328 e. The van der Waals surface area contributed by atoms with Gasteiger partial charge in [-0.15, -0.1) is 0 Å². The predicted molar refractivity (Wildman–Crippen MR) is 52.6 cm³/mol. The minimum atomic E-state index is 0.591. The second-order valence-corrected chi connectivity index (χ2v) is 3.16. The second kappa shape index (κ2) is 4.05. The lowest BCUT2D eigenvalue weighted by Gasteiger charge is -1.98. The molecule has 3 nitrogen and oxygen atoms in total. The molecule has 0 bridgehead atoms. The number of hydrogen-bond donors (Lipinski definition) is 0. The summed E-state index contributed by atoms with van der Waals surface area (Å²) < 4.78 is 4.56. The molecule has 1 heterocycles. The van der Waals surface area contributed by atoms with E-state index in [9.17, 15) is 0 Å². The van der Waals surface area contributed by atoms with Gasteiger partial charge in [0.25, 0.3) is 0 Å². The third kappa shape index (κ3) is 1.82. The summed E-state index contributed by atoms with van der Waals surface area (Å²) >= 11 is 0. The highest BCUT2D eigenvalue weighted by Crippen LogP contribution is 2.15. The SMILES string of the molecule is CCCc1ccc(-c2n[c]on2)cc1. The van der Waals surface area contributed by atoms with Gasteiger partial charge >= 0.3 is 6.39 Å². The van der Waals surface area contributed by atoms with E-state index in [1.807, 2.05) is 12.1 Å². The van der Waals surface area contributed by atoms with Crippen molar-refractivity contribution in [2.75, 3.05) is 0 Å². The lowest BCUT2D eigenvalue weighted by molar-refractivity contribution is 0.411. The van der Waals surface area contributed by atoms with Crippen LogP contribution in [0.2, 0.25) is 0 Å². The van der Waals surface area contributed by atoms with Gasteiger partial charge in [0.15, 0.2) is 0 Å². The van der Waals surface area contributed by atoms with Crippen LogP contribution >= 0.6 is 0 Å². The van der Waals surface area contributed by atoms with Crippen LogP contribution in [0.5, 0.6) is 0 Å². The Morgan fingerprint density at radius 1 is 1.29 bits per heavy atom. The minimum Gasteiger partial charge on any atom is -0.328 e. The molecule has 71 valence electrons. The van der Waals surface area contributed by atoms with Crippen LogP contribution in [0.3, 0.4) is 0 Å². The fourth-order valence-corrected chi connectivity index (χ4v) is 1.37. The fraction of sp³-hybridized carbons (Fsp3) is 0.273. The van der Waals surface area contributed by atoms with Gasteiger partial charge in [-0.05, 0) is 12.0 Å². The number of rotatable bonds is 3. The van der Waals surface area contributed by atoms with Crippen molar-refractivity contribution in [1.82, 2.24) is 10.1 Å². The Morgan fingerprint density at radius 3 is 2.64 bits per heavy atom. The summed E-state index contributed by atoms with van der Waals surface area (Å²) in [5, 5.41) is 3.72. The van der Waals surface area contributed by atoms with Crippen LogP contribution in [0.4, 0.5) is 0 Å². The highest BCUT2D eigenvalue weighted by atomic mass is 16.5. The molecule has 1 aromatic heterocycles. The summed E-state index contributed by atoms with van der Waals surface area (Å²) in [7, 11) is 0. The number of benzene rings is 1. The minimum absolute atomic E-state index is 0.591. The van der Waals surface area contributed by atoms with Crippen molar-refractivity contribution >= 4 is 0 Å². The van der Waals surface area contributed by atoms with Gasteiger partial charge in [-0.3, -0.25) is 0 Å². The third-order valence-electron chi connectivity index (χ3n) is 2.08. The number of aryl methyl sites for hydroxylation is 1. The Balaban J connectivity index is 2.22. The molecule has 2 aromatic rings. The molecule has 0 spiro atoms. The number of aromatic nitrogens is 2. The maximum atomic E-state index is 4.56. The van der Waals surface area contributed by atoms with E-state index in [0.717, 1.165) is 18.4 Å². The van der Waals surface area contributed by atoms with E-state index < -0.39 is 0 Å². The fourth-order valence-electron chi connectivity index (χ4n) is 1.37. The molecule has 2 rings (SSSR count). The number of hydrogen-bond acceptors (Lipinski definition) is 3. The van der Waals surface area contributed by atoms with Crippen LogP contribution in [-0.4, -0.2) is 10.1 Å². The molecule has 0 aliphatic heterocycles. The first-order valence-electron chi connectivity index (χ1n) is 4.69. The maximum absolute atomic E-state index is 4.56. The van der Waals surface area contributed by atoms with Crippen molar-refractivity contribution < 1.29 is 4.52 Å². The average Bonchev–Trinajstić information content (AvgIpc) is 2.72. The van der Waals surface area contributed by atoms with E-state index in [-0.39, 0.29) is 0 Å². The molecular formula is C11H11N2O. The standard InChI is InChI=1S/C11H11N2O/c1-2-3-9-4-6-10(7-5-9)11-12-8-14-13-11/h4-7H,2-3H2,1H3. The van der Waals surface area contributed by atoms with E-state index in [1.54, 1.807) is 0 Å². The highest BCUT2D eigenvalue weighted by Gasteiger charge is 2.02. The first kappa shape index (κ1) is 8.94. The van der Waals surface area contributed by atoms with E-state index in [0.29, 0.717) is 5.82 Å². The topological polar surface area (TPSA) is 38.9 Å². The molecule has 0 saturated heterocycles. The molecule has 0 N–H and O–H groups in total. The normalized spacial score (nSPS) is 10.4. The lowest BCUT2D eigenvalue weighted by atomic mass is 10.1. The second-order valence-electron chi connectivity index (χ2n) is 3.16. The van der Waals surface area contributed by atoms with Crippen molar-refractivity contribution in [1.29, 1.82) is 0 Å². The van der Waals surface area contributed by atoms with E-state index >= 15 is 0 Å². The summed E-state index contributed by atoms with van der Waals surface area (Å²) in [6.45, 7) is 2.17. The van der Waals surface area contributed by atoms with E-state index in [2.05, 4.69) is 40.1 Å². The molecule has 0 aliphatic carbocycles. The van der Waals surface area contributed by atoms with Gasteiger partial charge in [0, 0.05) is 5.56 Å². The molecule has 0 aliphatic rings. The smallest absolute Gasteiger partial charge is 0.316 e. The molecule has 1 aromatic carbocycles. The maximum Gasteiger partial charge on any atom is 0.316 e. The van der Waals surface area contributed by atoms with Crippen molar-refractivity contribution in [2.45, 2.75) is 19.8 Å².